The number of ether oxygens (including phenoxy) is 2. The maximum absolute atomic E-state index is 12.7. The minimum atomic E-state index is -0.466. The van der Waals surface area contributed by atoms with Crippen LogP contribution in [0, 0.1) is 0 Å². The number of rotatable bonds is 4. The molecular formula is C19H16N4O5. The van der Waals surface area contributed by atoms with Crippen LogP contribution in [0.4, 0.5) is 5.69 Å². The number of aromatic nitrogens is 2. The second-order valence-electron chi connectivity index (χ2n) is 6.05. The molecule has 0 atom stereocenters. The number of hydrogen-bond donors (Lipinski definition) is 2. The molecule has 0 saturated heterocycles. The molecule has 2 amide bonds. The number of nitrogens with zero attached hydrogens (tertiary/aromatic N) is 2. The second-order valence-corrected chi connectivity index (χ2v) is 6.05. The van der Waals surface area contributed by atoms with Crippen molar-refractivity contribution >= 4 is 28.3 Å². The maximum Gasteiger partial charge on any atom is 0.275 e. The molecule has 1 aromatic heterocycles. The van der Waals surface area contributed by atoms with Crippen molar-refractivity contribution in [1.29, 1.82) is 0 Å². The lowest BCUT2D eigenvalue weighted by atomic mass is 10.1. The molecule has 1 aliphatic rings. The van der Waals surface area contributed by atoms with Gasteiger partial charge >= 0.3 is 0 Å². The van der Waals surface area contributed by atoms with E-state index in [4.69, 9.17) is 9.47 Å². The number of anilines is 1. The van der Waals surface area contributed by atoms with Crippen LogP contribution in [0.15, 0.2) is 47.3 Å². The zero-order valence-electron chi connectivity index (χ0n) is 14.9. The van der Waals surface area contributed by atoms with Gasteiger partial charge in [-0.3, -0.25) is 14.4 Å². The van der Waals surface area contributed by atoms with E-state index in [1.54, 1.807) is 42.5 Å². The molecule has 4 rings (SSSR count). The van der Waals surface area contributed by atoms with Gasteiger partial charge in [-0.05, 0) is 18.2 Å². The van der Waals surface area contributed by atoms with Gasteiger partial charge in [-0.1, -0.05) is 18.2 Å². The number of fused-ring (bicyclic) bond motifs is 2. The highest BCUT2D eigenvalue weighted by atomic mass is 16.7. The average Bonchev–Trinajstić information content (AvgIpc) is 3.17. The second kappa shape index (κ2) is 7.03. The van der Waals surface area contributed by atoms with Crippen molar-refractivity contribution in [2.75, 3.05) is 19.2 Å². The van der Waals surface area contributed by atoms with E-state index in [9.17, 15) is 14.4 Å². The molecule has 0 bridgehead atoms. The Morgan fingerprint density at radius 1 is 1.11 bits per heavy atom. The first-order valence-electron chi connectivity index (χ1n) is 8.48. The molecule has 142 valence electrons. The highest BCUT2D eigenvalue weighted by Crippen LogP contribution is 2.34. The minimum absolute atomic E-state index is 0.0774. The zero-order valence-corrected chi connectivity index (χ0v) is 14.9. The van der Waals surface area contributed by atoms with Crippen molar-refractivity contribution in [2.24, 2.45) is 0 Å². The van der Waals surface area contributed by atoms with E-state index in [0.717, 1.165) is 4.68 Å². The summed E-state index contributed by atoms with van der Waals surface area (Å²) in [5.41, 5.74) is 0.118. The lowest BCUT2D eigenvalue weighted by Crippen LogP contribution is -2.33. The van der Waals surface area contributed by atoms with Crippen LogP contribution >= 0.6 is 0 Å². The van der Waals surface area contributed by atoms with Gasteiger partial charge in [0.05, 0.1) is 5.39 Å². The van der Waals surface area contributed by atoms with Crippen molar-refractivity contribution < 1.29 is 19.1 Å². The van der Waals surface area contributed by atoms with Crippen LogP contribution in [0.25, 0.3) is 10.8 Å². The van der Waals surface area contributed by atoms with Gasteiger partial charge in [-0.25, -0.2) is 4.68 Å². The highest BCUT2D eigenvalue weighted by Gasteiger charge is 2.18. The SMILES string of the molecule is CNC(=O)c1nn(CC(=O)Nc2ccc3c(c2)OCO3)c(=O)c2ccccc12. The standard InChI is InChI=1S/C19H16N4O5/c1-20-18(25)17-12-4-2-3-5-13(12)19(26)23(22-17)9-16(24)21-11-6-7-14-15(8-11)28-10-27-14/h2-8H,9-10H2,1H3,(H,20,25)(H,21,24). The normalized spacial score (nSPS) is 12.0. The smallest absolute Gasteiger partial charge is 0.275 e. The predicted molar refractivity (Wildman–Crippen MR) is 101 cm³/mol. The van der Waals surface area contributed by atoms with Crippen molar-refractivity contribution in [1.82, 2.24) is 15.1 Å². The van der Waals surface area contributed by atoms with Gasteiger partial charge in [0.15, 0.2) is 17.2 Å². The summed E-state index contributed by atoms with van der Waals surface area (Å²) in [6.07, 6.45) is 0. The van der Waals surface area contributed by atoms with Gasteiger partial charge in [0.2, 0.25) is 12.7 Å². The third-order valence-corrected chi connectivity index (χ3v) is 4.26. The molecule has 2 N–H and O–H groups in total. The Bertz CT molecular complexity index is 1150. The number of nitrogens with one attached hydrogen (secondary N) is 2. The summed E-state index contributed by atoms with van der Waals surface area (Å²) in [6, 6.07) is 11.6. The Morgan fingerprint density at radius 3 is 2.64 bits per heavy atom. The molecule has 2 heterocycles. The van der Waals surface area contributed by atoms with Gasteiger partial charge in [0, 0.05) is 24.2 Å². The molecule has 0 spiro atoms. The summed E-state index contributed by atoms with van der Waals surface area (Å²) in [5.74, 6) is 0.217. The molecule has 3 aromatic rings. The van der Waals surface area contributed by atoms with E-state index in [1.807, 2.05) is 0 Å². The number of benzene rings is 2. The van der Waals surface area contributed by atoms with Crippen LogP contribution in [-0.4, -0.2) is 35.4 Å². The van der Waals surface area contributed by atoms with E-state index >= 15 is 0 Å². The fourth-order valence-electron chi connectivity index (χ4n) is 2.94. The zero-order chi connectivity index (χ0) is 19.7. The number of carbonyl (C=O) groups excluding carboxylic acids is 2. The molecule has 28 heavy (non-hydrogen) atoms. The van der Waals surface area contributed by atoms with Crippen LogP contribution in [0.5, 0.6) is 11.5 Å². The highest BCUT2D eigenvalue weighted by molar-refractivity contribution is 6.04. The summed E-state index contributed by atoms with van der Waals surface area (Å²) < 4.78 is 11.5. The third-order valence-electron chi connectivity index (χ3n) is 4.26. The predicted octanol–water partition coefficient (Wildman–Crippen LogP) is 1.12. The van der Waals surface area contributed by atoms with Crippen LogP contribution in [0.3, 0.4) is 0 Å². The summed E-state index contributed by atoms with van der Waals surface area (Å²) in [6.45, 7) is -0.215. The molecule has 0 unspecified atom stereocenters. The average molecular weight is 380 g/mol. The summed E-state index contributed by atoms with van der Waals surface area (Å²) in [4.78, 5) is 37.3. The van der Waals surface area contributed by atoms with Gasteiger partial charge < -0.3 is 20.1 Å². The Morgan fingerprint density at radius 2 is 1.86 bits per heavy atom. The fraction of sp³-hybridized carbons (Fsp3) is 0.158. The van der Waals surface area contributed by atoms with Crippen LogP contribution in [-0.2, 0) is 11.3 Å². The monoisotopic (exact) mass is 380 g/mol. The Hall–Kier alpha value is -3.88. The summed E-state index contributed by atoms with van der Waals surface area (Å²) >= 11 is 0. The van der Waals surface area contributed by atoms with Crippen molar-refractivity contribution in [3.05, 3.63) is 58.5 Å². The maximum atomic E-state index is 12.7. The van der Waals surface area contributed by atoms with Crippen molar-refractivity contribution in [3.63, 3.8) is 0 Å². The molecule has 9 heteroatoms. The quantitative estimate of drug-likeness (QED) is 0.702. The van der Waals surface area contributed by atoms with Gasteiger partial charge in [-0.2, -0.15) is 5.10 Å². The first kappa shape index (κ1) is 17.5. The molecule has 0 fully saturated rings. The number of hydrogen-bond acceptors (Lipinski definition) is 6. The topological polar surface area (TPSA) is 112 Å². The Kier molecular flexibility index (Phi) is 4.40. The summed E-state index contributed by atoms with van der Waals surface area (Å²) in [5, 5.41) is 10.0. The van der Waals surface area contributed by atoms with E-state index in [2.05, 4.69) is 15.7 Å². The molecule has 9 nitrogen and oxygen atoms in total. The van der Waals surface area contributed by atoms with E-state index in [1.165, 1.54) is 7.05 Å². The molecular weight excluding hydrogens is 364 g/mol. The van der Waals surface area contributed by atoms with E-state index < -0.39 is 17.4 Å². The number of amides is 2. The van der Waals surface area contributed by atoms with Gasteiger partial charge in [0.25, 0.3) is 11.5 Å². The molecule has 2 aromatic carbocycles. The van der Waals surface area contributed by atoms with E-state index in [0.29, 0.717) is 28.0 Å². The van der Waals surface area contributed by atoms with Crippen LogP contribution in [0.2, 0.25) is 0 Å². The molecule has 0 radical (unpaired) electrons. The van der Waals surface area contributed by atoms with Crippen LogP contribution < -0.4 is 25.7 Å². The first-order valence-corrected chi connectivity index (χ1v) is 8.48. The van der Waals surface area contributed by atoms with Crippen LogP contribution in [0.1, 0.15) is 10.5 Å². The van der Waals surface area contributed by atoms with E-state index in [-0.39, 0.29) is 19.0 Å². The molecule has 1 aliphatic heterocycles. The lowest BCUT2D eigenvalue weighted by Gasteiger charge is -2.11. The molecule has 0 aliphatic carbocycles. The Labute approximate surface area is 158 Å². The third kappa shape index (κ3) is 3.13. The minimum Gasteiger partial charge on any atom is -0.454 e. The summed E-state index contributed by atoms with van der Waals surface area (Å²) in [7, 11) is 1.47. The molecule has 0 saturated carbocycles. The number of carbonyl (C=O) groups is 2. The largest absolute Gasteiger partial charge is 0.454 e. The van der Waals surface area contributed by atoms with Crippen molar-refractivity contribution in [2.45, 2.75) is 6.54 Å². The van der Waals surface area contributed by atoms with Gasteiger partial charge in [-0.15, -0.1) is 0 Å². The fourth-order valence-corrected chi connectivity index (χ4v) is 2.94. The van der Waals surface area contributed by atoms with Gasteiger partial charge in [0.1, 0.15) is 6.54 Å². The Balaban J connectivity index is 1.64. The first-order chi connectivity index (χ1) is 13.6. The van der Waals surface area contributed by atoms with Crippen molar-refractivity contribution in [3.8, 4) is 11.5 Å². The lowest BCUT2D eigenvalue weighted by molar-refractivity contribution is -0.117.